The molecule has 2 atom stereocenters. The number of halogens is 1. The molecular formula is C17H26FN. The molecule has 2 heteroatoms. The molecule has 1 aromatic rings. The van der Waals surface area contributed by atoms with Crippen LogP contribution in [0.15, 0.2) is 24.3 Å². The van der Waals surface area contributed by atoms with E-state index in [1.54, 1.807) is 12.1 Å². The second-order valence-corrected chi connectivity index (χ2v) is 6.61. The average molecular weight is 263 g/mol. The van der Waals surface area contributed by atoms with E-state index in [-0.39, 0.29) is 11.2 Å². The summed E-state index contributed by atoms with van der Waals surface area (Å²) in [6.07, 6.45) is 3.55. The van der Waals surface area contributed by atoms with Crippen molar-refractivity contribution in [2.45, 2.75) is 46.0 Å². The van der Waals surface area contributed by atoms with Gasteiger partial charge in [0.05, 0.1) is 0 Å². The van der Waals surface area contributed by atoms with Gasteiger partial charge in [-0.1, -0.05) is 45.4 Å². The van der Waals surface area contributed by atoms with Gasteiger partial charge in [-0.05, 0) is 42.3 Å². The standard InChI is InChI=1S/C17H26FN/c1-13(2)8-9-17(3)10-11-19-12-15(17)14-6-4-5-7-16(14)18/h4-7,13,15,19H,8-12H2,1-3H3. The molecular weight excluding hydrogens is 237 g/mol. The largest absolute Gasteiger partial charge is 0.316 e. The molecule has 1 heterocycles. The molecule has 2 rings (SSSR count). The van der Waals surface area contributed by atoms with E-state index in [1.807, 2.05) is 12.1 Å². The summed E-state index contributed by atoms with van der Waals surface area (Å²) >= 11 is 0. The van der Waals surface area contributed by atoms with E-state index in [0.29, 0.717) is 11.8 Å². The number of benzene rings is 1. The Hall–Kier alpha value is -0.890. The van der Waals surface area contributed by atoms with Crippen LogP contribution in [0.1, 0.15) is 51.5 Å². The maximum Gasteiger partial charge on any atom is 0.126 e. The Morgan fingerprint density at radius 3 is 2.79 bits per heavy atom. The number of hydrogen-bond donors (Lipinski definition) is 1. The summed E-state index contributed by atoms with van der Waals surface area (Å²) in [5.41, 5.74) is 1.11. The first-order valence-electron chi connectivity index (χ1n) is 7.48. The summed E-state index contributed by atoms with van der Waals surface area (Å²) in [6.45, 7) is 8.83. The van der Waals surface area contributed by atoms with E-state index in [4.69, 9.17) is 0 Å². The first-order valence-corrected chi connectivity index (χ1v) is 7.48. The quantitative estimate of drug-likeness (QED) is 0.852. The molecule has 1 aliphatic rings. The third kappa shape index (κ3) is 3.36. The van der Waals surface area contributed by atoms with Crippen LogP contribution in [0.25, 0.3) is 0 Å². The second-order valence-electron chi connectivity index (χ2n) is 6.61. The predicted octanol–water partition coefficient (Wildman–Crippen LogP) is 4.35. The number of rotatable bonds is 4. The molecule has 1 aliphatic heterocycles. The zero-order chi connectivity index (χ0) is 13.9. The first kappa shape index (κ1) is 14.5. The molecule has 106 valence electrons. The maximum absolute atomic E-state index is 14.1. The highest BCUT2D eigenvalue weighted by atomic mass is 19.1. The van der Waals surface area contributed by atoms with Gasteiger partial charge in [-0.2, -0.15) is 0 Å². The van der Waals surface area contributed by atoms with Gasteiger partial charge in [0.1, 0.15) is 5.82 Å². The third-order valence-electron chi connectivity index (χ3n) is 4.64. The van der Waals surface area contributed by atoms with Crippen molar-refractivity contribution in [3.05, 3.63) is 35.6 Å². The highest BCUT2D eigenvalue weighted by Gasteiger charge is 2.38. The molecule has 2 unspecified atom stereocenters. The van der Waals surface area contributed by atoms with Crippen LogP contribution in [0.4, 0.5) is 4.39 Å². The van der Waals surface area contributed by atoms with Crippen molar-refractivity contribution in [3.8, 4) is 0 Å². The smallest absolute Gasteiger partial charge is 0.126 e. The zero-order valence-electron chi connectivity index (χ0n) is 12.4. The van der Waals surface area contributed by atoms with Crippen molar-refractivity contribution in [2.75, 3.05) is 13.1 Å². The van der Waals surface area contributed by atoms with E-state index in [1.165, 1.54) is 12.8 Å². The fraction of sp³-hybridized carbons (Fsp3) is 0.647. The second kappa shape index (κ2) is 6.04. The van der Waals surface area contributed by atoms with Crippen molar-refractivity contribution in [1.29, 1.82) is 0 Å². The lowest BCUT2D eigenvalue weighted by atomic mass is 9.66. The first-order chi connectivity index (χ1) is 9.03. The zero-order valence-corrected chi connectivity index (χ0v) is 12.4. The number of nitrogens with one attached hydrogen (secondary N) is 1. The van der Waals surface area contributed by atoms with E-state index >= 15 is 0 Å². The molecule has 0 radical (unpaired) electrons. The van der Waals surface area contributed by atoms with Crippen molar-refractivity contribution < 1.29 is 4.39 Å². The lowest BCUT2D eigenvalue weighted by Crippen LogP contribution is -2.42. The Balaban J connectivity index is 2.22. The van der Waals surface area contributed by atoms with E-state index in [9.17, 15) is 4.39 Å². The molecule has 0 bridgehead atoms. The maximum atomic E-state index is 14.1. The molecule has 0 aromatic heterocycles. The van der Waals surface area contributed by atoms with Crippen molar-refractivity contribution >= 4 is 0 Å². The lowest BCUT2D eigenvalue weighted by molar-refractivity contribution is 0.158. The van der Waals surface area contributed by atoms with Crippen LogP contribution in [0.5, 0.6) is 0 Å². The molecule has 1 saturated heterocycles. The summed E-state index contributed by atoms with van der Waals surface area (Å²) in [5.74, 6) is 0.959. The minimum atomic E-state index is -0.0491. The molecule has 0 saturated carbocycles. The van der Waals surface area contributed by atoms with Gasteiger partial charge in [0.15, 0.2) is 0 Å². The Labute approximate surface area is 116 Å². The lowest BCUT2D eigenvalue weighted by Gasteiger charge is -2.43. The summed E-state index contributed by atoms with van der Waals surface area (Å²) in [7, 11) is 0. The Kier molecular flexibility index (Phi) is 4.62. The molecule has 1 N–H and O–H groups in total. The van der Waals surface area contributed by atoms with Gasteiger partial charge in [0, 0.05) is 12.5 Å². The van der Waals surface area contributed by atoms with Crippen LogP contribution in [-0.4, -0.2) is 13.1 Å². The molecule has 0 aliphatic carbocycles. The van der Waals surface area contributed by atoms with Crippen molar-refractivity contribution in [3.63, 3.8) is 0 Å². The summed E-state index contributed by atoms with van der Waals surface area (Å²) < 4.78 is 14.1. The SMILES string of the molecule is CC(C)CCC1(C)CCNCC1c1ccccc1F. The van der Waals surface area contributed by atoms with Gasteiger partial charge in [-0.15, -0.1) is 0 Å². The Morgan fingerprint density at radius 1 is 1.37 bits per heavy atom. The highest BCUT2D eigenvalue weighted by molar-refractivity contribution is 5.25. The third-order valence-corrected chi connectivity index (χ3v) is 4.64. The van der Waals surface area contributed by atoms with Crippen LogP contribution >= 0.6 is 0 Å². The molecule has 19 heavy (non-hydrogen) atoms. The van der Waals surface area contributed by atoms with Crippen LogP contribution in [0.3, 0.4) is 0 Å². The van der Waals surface area contributed by atoms with Crippen molar-refractivity contribution in [1.82, 2.24) is 5.32 Å². The molecule has 1 fully saturated rings. The van der Waals surface area contributed by atoms with Gasteiger partial charge in [-0.25, -0.2) is 4.39 Å². The summed E-state index contributed by atoms with van der Waals surface area (Å²) in [6, 6.07) is 7.28. The topological polar surface area (TPSA) is 12.0 Å². The van der Waals surface area contributed by atoms with Crippen molar-refractivity contribution in [2.24, 2.45) is 11.3 Å². The van der Waals surface area contributed by atoms with Gasteiger partial charge in [0.2, 0.25) is 0 Å². The van der Waals surface area contributed by atoms with Crippen LogP contribution in [0.2, 0.25) is 0 Å². The molecule has 0 amide bonds. The van der Waals surface area contributed by atoms with E-state index in [0.717, 1.165) is 25.1 Å². The van der Waals surface area contributed by atoms with Gasteiger partial charge >= 0.3 is 0 Å². The number of hydrogen-bond acceptors (Lipinski definition) is 1. The van der Waals surface area contributed by atoms with Crippen LogP contribution < -0.4 is 5.32 Å². The normalized spacial score (nSPS) is 27.7. The molecule has 1 aromatic carbocycles. The molecule has 0 spiro atoms. The highest BCUT2D eigenvalue weighted by Crippen LogP contribution is 2.45. The van der Waals surface area contributed by atoms with Gasteiger partial charge in [0.25, 0.3) is 0 Å². The predicted molar refractivity (Wildman–Crippen MR) is 78.8 cm³/mol. The minimum absolute atomic E-state index is 0.0491. The number of piperidine rings is 1. The Morgan fingerprint density at radius 2 is 2.11 bits per heavy atom. The Bertz CT molecular complexity index is 415. The fourth-order valence-electron chi connectivity index (χ4n) is 3.20. The average Bonchev–Trinajstić information content (AvgIpc) is 2.38. The van der Waals surface area contributed by atoms with Gasteiger partial charge < -0.3 is 5.32 Å². The minimum Gasteiger partial charge on any atom is -0.316 e. The van der Waals surface area contributed by atoms with Gasteiger partial charge in [-0.3, -0.25) is 0 Å². The summed E-state index contributed by atoms with van der Waals surface area (Å²) in [4.78, 5) is 0. The van der Waals surface area contributed by atoms with E-state index in [2.05, 4.69) is 26.1 Å². The summed E-state index contributed by atoms with van der Waals surface area (Å²) in [5, 5.41) is 3.44. The molecule has 1 nitrogen and oxygen atoms in total. The van der Waals surface area contributed by atoms with Crippen LogP contribution in [-0.2, 0) is 0 Å². The van der Waals surface area contributed by atoms with Crippen LogP contribution in [0, 0.1) is 17.2 Å². The monoisotopic (exact) mass is 263 g/mol. The fourth-order valence-corrected chi connectivity index (χ4v) is 3.20. The van der Waals surface area contributed by atoms with E-state index < -0.39 is 0 Å².